The van der Waals surface area contributed by atoms with Gasteiger partial charge in [0, 0.05) is 12.1 Å². The largest absolute Gasteiger partial charge is 0.507 e. The highest BCUT2D eigenvalue weighted by Crippen LogP contribution is 2.41. The van der Waals surface area contributed by atoms with Gasteiger partial charge in [0.05, 0.1) is 19.6 Å². The van der Waals surface area contributed by atoms with Crippen molar-refractivity contribution in [3.05, 3.63) is 28.4 Å². The minimum atomic E-state index is -0.537. The lowest BCUT2D eigenvalue weighted by molar-refractivity contribution is 0.367. The van der Waals surface area contributed by atoms with Crippen LogP contribution in [-0.2, 0) is 0 Å². The van der Waals surface area contributed by atoms with Crippen LogP contribution in [0.5, 0.6) is 28.7 Å². The maximum absolute atomic E-state index is 12.6. The third-order valence-electron chi connectivity index (χ3n) is 3.36. The Balaban J connectivity index is 2.57. The molecule has 0 aliphatic rings. The SMILES string of the molecule is COc1cc2c(=O)c3c(O)cc(O)c(OC)c3oc2cc1O. The fraction of sp³-hybridized carbons (Fsp3) is 0.133. The Kier molecular flexibility index (Phi) is 2.98. The van der Waals surface area contributed by atoms with Gasteiger partial charge in [-0.15, -0.1) is 0 Å². The molecule has 0 atom stereocenters. The van der Waals surface area contributed by atoms with Crippen molar-refractivity contribution in [3.63, 3.8) is 0 Å². The molecule has 1 aromatic heterocycles. The molecule has 0 saturated heterocycles. The molecular weight excluding hydrogens is 292 g/mol. The monoisotopic (exact) mass is 304 g/mol. The van der Waals surface area contributed by atoms with E-state index in [2.05, 4.69) is 0 Å². The average Bonchev–Trinajstić information content (AvgIpc) is 2.46. The van der Waals surface area contributed by atoms with E-state index in [4.69, 9.17) is 13.9 Å². The third kappa shape index (κ3) is 1.79. The van der Waals surface area contributed by atoms with Gasteiger partial charge in [-0.1, -0.05) is 0 Å². The number of ether oxygens (including phenoxy) is 2. The summed E-state index contributed by atoms with van der Waals surface area (Å²) in [7, 11) is 2.64. The summed E-state index contributed by atoms with van der Waals surface area (Å²) in [6.45, 7) is 0. The fourth-order valence-electron chi connectivity index (χ4n) is 2.35. The first-order valence-corrected chi connectivity index (χ1v) is 6.24. The number of hydrogen-bond acceptors (Lipinski definition) is 7. The molecule has 3 N–H and O–H groups in total. The Hall–Kier alpha value is -3.09. The zero-order chi connectivity index (χ0) is 16.0. The summed E-state index contributed by atoms with van der Waals surface area (Å²) in [5.74, 6) is -0.990. The predicted octanol–water partition coefficient (Wildman–Crippen LogP) is 2.08. The second-order valence-electron chi connectivity index (χ2n) is 4.60. The quantitative estimate of drug-likeness (QED) is 0.622. The van der Waals surface area contributed by atoms with Gasteiger partial charge in [-0.05, 0) is 6.07 Å². The Morgan fingerprint density at radius 1 is 0.955 bits per heavy atom. The second kappa shape index (κ2) is 4.73. The molecule has 2 aromatic carbocycles. The number of fused-ring (bicyclic) bond motifs is 2. The van der Waals surface area contributed by atoms with E-state index in [1.54, 1.807) is 0 Å². The lowest BCUT2D eigenvalue weighted by Crippen LogP contribution is -2.04. The lowest BCUT2D eigenvalue weighted by atomic mass is 10.1. The van der Waals surface area contributed by atoms with Crippen molar-refractivity contribution >= 4 is 21.9 Å². The Bertz CT molecular complexity index is 956. The highest BCUT2D eigenvalue weighted by atomic mass is 16.5. The number of methoxy groups -OCH3 is 2. The van der Waals surface area contributed by atoms with Crippen molar-refractivity contribution in [1.29, 1.82) is 0 Å². The van der Waals surface area contributed by atoms with Crippen molar-refractivity contribution in [3.8, 4) is 28.7 Å². The summed E-state index contributed by atoms with van der Waals surface area (Å²) in [5, 5.41) is 29.5. The molecule has 0 aliphatic heterocycles. The summed E-state index contributed by atoms with van der Waals surface area (Å²) in [6.07, 6.45) is 0. The third-order valence-corrected chi connectivity index (χ3v) is 3.36. The molecular formula is C15H12O7. The normalized spacial score (nSPS) is 11.0. The van der Waals surface area contributed by atoms with Crippen LogP contribution in [0.1, 0.15) is 0 Å². The standard InChI is InChI=1S/C15H12O7/c1-20-11-3-6-10(5-7(11)16)22-15-12(13(6)19)8(17)4-9(18)14(15)21-2/h3-5,16-18H,1-2H3. The van der Waals surface area contributed by atoms with E-state index in [1.807, 2.05) is 0 Å². The van der Waals surface area contributed by atoms with Crippen LogP contribution in [0.2, 0.25) is 0 Å². The van der Waals surface area contributed by atoms with Gasteiger partial charge >= 0.3 is 0 Å². The van der Waals surface area contributed by atoms with Crippen molar-refractivity contribution in [2.75, 3.05) is 14.2 Å². The summed E-state index contributed by atoms with van der Waals surface area (Å²) >= 11 is 0. The molecule has 0 radical (unpaired) electrons. The van der Waals surface area contributed by atoms with Crippen LogP contribution in [-0.4, -0.2) is 29.5 Å². The first kappa shape index (κ1) is 13.9. The van der Waals surface area contributed by atoms with Gasteiger partial charge in [0.1, 0.15) is 16.7 Å². The summed E-state index contributed by atoms with van der Waals surface area (Å²) < 4.78 is 15.5. The topological polar surface area (TPSA) is 109 Å². The van der Waals surface area contributed by atoms with Gasteiger partial charge in [-0.25, -0.2) is 0 Å². The van der Waals surface area contributed by atoms with Crippen LogP contribution in [0.25, 0.3) is 21.9 Å². The summed E-state index contributed by atoms with van der Waals surface area (Å²) in [5.41, 5.74) is -0.577. The van der Waals surface area contributed by atoms with E-state index < -0.39 is 11.2 Å². The van der Waals surface area contributed by atoms with E-state index in [1.165, 1.54) is 26.4 Å². The van der Waals surface area contributed by atoms with E-state index in [0.29, 0.717) is 0 Å². The maximum Gasteiger partial charge on any atom is 0.204 e. The maximum atomic E-state index is 12.6. The van der Waals surface area contributed by atoms with Crippen molar-refractivity contribution in [2.45, 2.75) is 0 Å². The molecule has 1 heterocycles. The van der Waals surface area contributed by atoms with Gasteiger partial charge in [-0.2, -0.15) is 0 Å². The molecule has 0 saturated carbocycles. The van der Waals surface area contributed by atoms with Crippen LogP contribution < -0.4 is 14.9 Å². The molecule has 0 aliphatic carbocycles. The molecule has 3 aromatic rings. The molecule has 0 amide bonds. The molecule has 0 spiro atoms. The van der Waals surface area contributed by atoms with Crippen LogP contribution in [0.3, 0.4) is 0 Å². The molecule has 3 rings (SSSR count). The number of phenols is 3. The zero-order valence-corrected chi connectivity index (χ0v) is 11.7. The first-order valence-electron chi connectivity index (χ1n) is 6.24. The fourth-order valence-corrected chi connectivity index (χ4v) is 2.35. The van der Waals surface area contributed by atoms with Gasteiger partial charge in [-0.3, -0.25) is 4.79 Å². The molecule has 0 fully saturated rings. The smallest absolute Gasteiger partial charge is 0.204 e. The van der Waals surface area contributed by atoms with Gasteiger partial charge in [0.2, 0.25) is 11.2 Å². The van der Waals surface area contributed by atoms with Crippen LogP contribution in [0, 0.1) is 0 Å². The van der Waals surface area contributed by atoms with Crippen LogP contribution in [0.15, 0.2) is 27.4 Å². The minimum Gasteiger partial charge on any atom is -0.507 e. The molecule has 7 heteroatoms. The summed E-state index contributed by atoms with van der Waals surface area (Å²) in [4.78, 5) is 12.6. The average molecular weight is 304 g/mol. The Morgan fingerprint density at radius 3 is 2.32 bits per heavy atom. The Morgan fingerprint density at radius 2 is 1.68 bits per heavy atom. The molecule has 114 valence electrons. The van der Waals surface area contributed by atoms with E-state index in [-0.39, 0.29) is 44.9 Å². The molecule has 7 nitrogen and oxygen atoms in total. The van der Waals surface area contributed by atoms with Gasteiger partial charge < -0.3 is 29.2 Å². The lowest BCUT2D eigenvalue weighted by Gasteiger charge is -2.10. The van der Waals surface area contributed by atoms with E-state index >= 15 is 0 Å². The number of hydrogen-bond donors (Lipinski definition) is 3. The molecule has 0 bridgehead atoms. The van der Waals surface area contributed by atoms with E-state index in [0.717, 1.165) is 6.07 Å². The highest BCUT2D eigenvalue weighted by Gasteiger charge is 2.20. The van der Waals surface area contributed by atoms with Crippen molar-refractivity contribution in [2.24, 2.45) is 0 Å². The first-order chi connectivity index (χ1) is 10.5. The van der Waals surface area contributed by atoms with Crippen molar-refractivity contribution < 1.29 is 29.2 Å². The highest BCUT2D eigenvalue weighted by molar-refractivity contribution is 5.98. The number of aromatic hydroxyl groups is 3. The van der Waals surface area contributed by atoms with Crippen LogP contribution in [0.4, 0.5) is 0 Å². The molecule has 22 heavy (non-hydrogen) atoms. The van der Waals surface area contributed by atoms with Gasteiger partial charge in [0.25, 0.3) is 0 Å². The minimum absolute atomic E-state index is 0.0686. The zero-order valence-electron chi connectivity index (χ0n) is 11.7. The van der Waals surface area contributed by atoms with Gasteiger partial charge in [0.15, 0.2) is 22.8 Å². The number of phenolic OH excluding ortho intramolecular Hbond substituents is 3. The van der Waals surface area contributed by atoms with E-state index in [9.17, 15) is 20.1 Å². The molecule has 0 unspecified atom stereocenters. The summed E-state index contributed by atoms with van der Waals surface area (Å²) in [6, 6.07) is 3.53. The van der Waals surface area contributed by atoms with Crippen molar-refractivity contribution in [1.82, 2.24) is 0 Å². The predicted molar refractivity (Wildman–Crippen MR) is 78.1 cm³/mol. The van der Waals surface area contributed by atoms with Crippen LogP contribution >= 0.6 is 0 Å². The number of rotatable bonds is 2. The number of benzene rings is 2. The second-order valence-corrected chi connectivity index (χ2v) is 4.60. The Labute approximate surface area is 123 Å².